The molecule has 0 aliphatic carbocycles. The number of rotatable bonds is 4. The third-order valence-electron chi connectivity index (χ3n) is 4.16. The average molecular weight is 345 g/mol. The summed E-state index contributed by atoms with van der Waals surface area (Å²) in [6.07, 6.45) is 0.959. The topological polar surface area (TPSA) is 92.5 Å². The highest BCUT2D eigenvalue weighted by atomic mass is 32.2. The molecule has 2 aromatic carbocycles. The van der Waals surface area contributed by atoms with Crippen molar-refractivity contribution in [2.45, 2.75) is 23.9 Å². The second-order valence-corrected chi connectivity index (χ2v) is 7.32. The van der Waals surface area contributed by atoms with E-state index in [1.165, 1.54) is 12.1 Å². The van der Waals surface area contributed by atoms with Crippen LogP contribution >= 0.6 is 0 Å². The number of hydrogen-bond acceptors (Lipinski definition) is 3. The van der Waals surface area contributed by atoms with Gasteiger partial charge in [-0.1, -0.05) is 42.5 Å². The van der Waals surface area contributed by atoms with Crippen LogP contribution in [0.15, 0.2) is 59.5 Å². The van der Waals surface area contributed by atoms with Crippen LogP contribution in [0.3, 0.4) is 0 Å². The third-order valence-corrected chi connectivity index (χ3v) is 5.09. The molecule has 6 nitrogen and oxygen atoms in total. The summed E-state index contributed by atoms with van der Waals surface area (Å²) in [5, 5.41) is 7.93. The number of likely N-dealkylation sites (tertiary alicyclic amines) is 1. The molecule has 0 saturated carbocycles. The summed E-state index contributed by atoms with van der Waals surface area (Å²) in [5.41, 5.74) is 1.95. The number of sulfonamides is 1. The fourth-order valence-corrected chi connectivity index (χ4v) is 3.24. The molecule has 0 spiro atoms. The number of hydrogen-bond donors (Lipinski definition) is 2. The molecule has 3 N–H and O–H groups in total. The van der Waals surface area contributed by atoms with Crippen LogP contribution in [0.5, 0.6) is 0 Å². The maximum absolute atomic E-state index is 12.3. The van der Waals surface area contributed by atoms with E-state index in [4.69, 9.17) is 5.14 Å². The quantitative estimate of drug-likeness (QED) is 0.887. The summed E-state index contributed by atoms with van der Waals surface area (Å²) < 4.78 is 22.4. The highest BCUT2D eigenvalue weighted by molar-refractivity contribution is 7.89. The molecule has 0 bridgehead atoms. The number of amides is 2. The average Bonchev–Trinajstić information content (AvgIpc) is 2.52. The van der Waals surface area contributed by atoms with Crippen LogP contribution in [-0.4, -0.2) is 25.9 Å². The van der Waals surface area contributed by atoms with Crippen molar-refractivity contribution in [3.63, 3.8) is 0 Å². The van der Waals surface area contributed by atoms with Gasteiger partial charge in [-0.15, -0.1) is 0 Å². The van der Waals surface area contributed by atoms with Gasteiger partial charge in [0, 0.05) is 13.1 Å². The summed E-state index contributed by atoms with van der Waals surface area (Å²) >= 11 is 0. The van der Waals surface area contributed by atoms with E-state index in [2.05, 4.69) is 5.32 Å². The van der Waals surface area contributed by atoms with E-state index in [1.807, 2.05) is 30.3 Å². The lowest BCUT2D eigenvalue weighted by Crippen LogP contribution is -2.49. The Labute approximate surface area is 141 Å². The number of urea groups is 1. The summed E-state index contributed by atoms with van der Waals surface area (Å²) in [5.74, 6) is 0. The Balaban J connectivity index is 1.58. The molecule has 3 rings (SSSR count). The Bertz CT molecular complexity index is 820. The number of nitrogens with zero attached hydrogens (tertiary/aromatic N) is 1. The maximum atomic E-state index is 12.3. The molecular weight excluding hydrogens is 326 g/mol. The molecule has 2 amide bonds. The SMILES string of the molecule is NS(=O)(=O)c1ccc(CNC(=O)N2CC[C@H]2c2ccccc2)cc1. The van der Waals surface area contributed by atoms with Crippen molar-refractivity contribution < 1.29 is 13.2 Å². The van der Waals surface area contributed by atoms with Crippen molar-refractivity contribution >= 4 is 16.1 Å². The first-order valence-electron chi connectivity index (χ1n) is 7.66. The van der Waals surface area contributed by atoms with Gasteiger partial charge in [0.15, 0.2) is 0 Å². The maximum Gasteiger partial charge on any atom is 0.318 e. The Kier molecular flexibility index (Phi) is 4.55. The van der Waals surface area contributed by atoms with Crippen molar-refractivity contribution in [2.24, 2.45) is 5.14 Å². The van der Waals surface area contributed by atoms with E-state index in [0.29, 0.717) is 6.54 Å². The van der Waals surface area contributed by atoms with Crippen molar-refractivity contribution in [1.82, 2.24) is 10.2 Å². The number of carbonyl (C=O) groups is 1. The fraction of sp³-hybridized carbons (Fsp3) is 0.235. The molecule has 0 radical (unpaired) electrons. The number of primary sulfonamides is 1. The molecule has 1 aliphatic heterocycles. The minimum atomic E-state index is -3.69. The largest absolute Gasteiger partial charge is 0.334 e. The Morgan fingerprint density at radius 1 is 1.12 bits per heavy atom. The van der Waals surface area contributed by atoms with Crippen LogP contribution in [0, 0.1) is 0 Å². The first-order chi connectivity index (χ1) is 11.4. The van der Waals surface area contributed by atoms with Gasteiger partial charge in [0.1, 0.15) is 0 Å². The highest BCUT2D eigenvalue weighted by Crippen LogP contribution is 2.32. The van der Waals surface area contributed by atoms with Crippen LogP contribution in [-0.2, 0) is 16.6 Å². The summed E-state index contributed by atoms with van der Waals surface area (Å²) in [4.78, 5) is 14.2. The first kappa shape index (κ1) is 16.5. The molecule has 1 heterocycles. The van der Waals surface area contributed by atoms with Crippen LogP contribution < -0.4 is 10.5 Å². The number of nitrogens with one attached hydrogen (secondary N) is 1. The van der Waals surface area contributed by atoms with E-state index in [9.17, 15) is 13.2 Å². The lowest BCUT2D eigenvalue weighted by Gasteiger charge is -2.41. The Morgan fingerprint density at radius 2 is 1.79 bits per heavy atom. The van der Waals surface area contributed by atoms with Crippen molar-refractivity contribution in [3.05, 3.63) is 65.7 Å². The summed E-state index contributed by atoms with van der Waals surface area (Å²) in [6, 6.07) is 16.1. The molecule has 0 unspecified atom stereocenters. The number of carbonyl (C=O) groups excluding carboxylic acids is 1. The standard InChI is InChI=1S/C17H19N3O3S/c18-24(22,23)15-8-6-13(7-9-15)12-19-17(21)20-11-10-16(20)14-4-2-1-3-5-14/h1-9,16H,10-12H2,(H,19,21)(H2,18,22,23)/t16-/m0/s1. The van der Waals surface area contributed by atoms with E-state index < -0.39 is 10.0 Å². The Morgan fingerprint density at radius 3 is 2.33 bits per heavy atom. The molecule has 24 heavy (non-hydrogen) atoms. The molecule has 1 aliphatic rings. The minimum absolute atomic E-state index is 0.0597. The van der Waals surface area contributed by atoms with E-state index >= 15 is 0 Å². The molecule has 126 valence electrons. The highest BCUT2D eigenvalue weighted by Gasteiger charge is 2.32. The molecule has 7 heteroatoms. The Hall–Kier alpha value is -2.38. The van der Waals surface area contributed by atoms with Gasteiger partial charge in [-0.05, 0) is 29.7 Å². The van der Waals surface area contributed by atoms with E-state index in [0.717, 1.165) is 24.1 Å². The zero-order chi connectivity index (χ0) is 17.2. The van der Waals surface area contributed by atoms with Crippen LogP contribution in [0.1, 0.15) is 23.6 Å². The van der Waals surface area contributed by atoms with Crippen LogP contribution in [0.2, 0.25) is 0 Å². The monoisotopic (exact) mass is 345 g/mol. The van der Waals surface area contributed by atoms with Gasteiger partial charge >= 0.3 is 6.03 Å². The molecule has 0 aromatic heterocycles. The zero-order valence-corrected chi connectivity index (χ0v) is 13.9. The van der Waals surface area contributed by atoms with Crippen LogP contribution in [0.25, 0.3) is 0 Å². The second-order valence-electron chi connectivity index (χ2n) is 5.76. The van der Waals surface area contributed by atoms with E-state index in [1.54, 1.807) is 17.0 Å². The normalized spacial score (nSPS) is 17.2. The van der Waals surface area contributed by atoms with Gasteiger partial charge in [-0.2, -0.15) is 0 Å². The second kappa shape index (κ2) is 6.62. The molecule has 1 fully saturated rings. The smallest absolute Gasteiger partial charge is 0.318 e. The lowest BCUT2D eigenvalue weighted by molar-refractivity contribution is 0.115. The molecule has 1 atom stereocenters. The predicted octanol–water partition coefficient (Wildman–Crippen LogP) is 1.99. The minimum Gasteiger partial charge on any atom is -0.334 e. The van der Waals surface area contributed by atoms with Gasteiger partial charge in [-0.3, -0.25) is 0 Å². The third kappa shape index (κ3) is 3.58. The fourth-order valence-electron chi connectivity index (χ4n) is 2.73. The van der Waals surface area contributed by atoms with Crippen LogP contribution in [0.4, 0.5) is 4.79 Å². The van der Waals surface area contributed by atoms with Crippen molar-refractivity contribution in [2.75, 3.05) is 6.54 Å². The summed E-state index contributed by atoms with van der Waals surface area (Å²) in [6.45, 7) is 1.07. The van der Waals surface area contributed by atoms with Crippen molar-refractivity contribution in [1.29, 1.82) is 0 Å². The van der Waals surface area contributed by atoms with E-state index in [-0.39, 0.29) is 17.0 Å². The van der Waals surface area contributed by atoms with Gasteiger partial charge in [0.2, 0.25) is 10.0 Å². The summed E-state index contributed by atoms with van der Waals surface area (Å²) in [7, 11) is -3.69. The number of benzene rings is 2. The zero-order valence-electron chi connectivity index (χ0n) is 13.1. The molecule has 2 aromatic rings. The van der Waals surface area contributed by atoms with Gasteiger partial charge in [0.05, 0.1) is 10.9 Å². The first-order valence-corrected chi connectivity index (χ1v) is 9.21. The van der Waals surface area contributed by atoms with Gasteiger partial charge in [-0.25, -0.2) is 18.4 Å². The number of nitrogens with two attached hydrogens (primary N) is 1. The molecule has 1 saturated heterocycles. The molecular formula is C17H19N3O3S. The lowest BCUT2D eigenvalue weighted by atomic mass is 9.95. The van der Waals surface area contributed by atoms with Crippen molar-refractivity contribution in [3.8, 4) is 0 Å². The van der Waals surface area contributed by atoms with Gasteiger partial charge in [0.25, 0.3) is 0 Å². The van der Waals surface area contributed by atoms with Gasteiger partial charge < -0.3 is 10.2 Å². The predicted molar refractivity (Wildman–Crippen MR) is 90.6 cm³/mol.